The molecule has 142 valence electrons. The van der Waals surface area contributed by atoms with Crippen LogP contribution in [0.4, 0.5) is 5.69 Å². The molecule has 0 amide bonds. The second-order valence-electron chi connectivity index (χ2n) is 6.72. The molecule has 0 unspecified atom stereocenters. The number of hydrogen-bond donors (Lipinski definition) is 2. The molecule has 8 heteroatoms. The van der Waals surface area contributed by atoms with Crippen LogP contribution >= 0.6 is 0 Å². The summed E-state index contributed by atoms with van der Waals surface area (Å²) < 4.78 is 25.6. The van der Waals surface area contributed by atoms with Crippen LogP contribution in [-0.4, -0.2) is 36.8 Å². The van der Waals surface area contributed by atoms with Gasteiger partial charge in [0.15, 0.2) is 9.84 Å². The molecule has 0 saturated carbocycles. The summed E-state index contributed by atoms with van der Waals surface area (Å²) in [7, 11) is -3.46. The van der Waals surface area contributed by atoms with Crippen molar-refractivity contribution in [1.29, 1.82) is 0 Å². The summed E-state index contributed by atoms with van der Waals surface area (Å²) in [6, 6.07) is 2.89. The second kappa shape index (κ2) is 7.49. The van der Waals surface area contributed by atoms with E-state index in [0.717, 1.165) is 6.26 Å². The molecule has 0 atom stereocenters. The van der Waals surface area contributed by atoms with Crippen LogP contribution in [0.5, 0.6) is 0 Å². The molecule has 0 aliphatic heterocycles. The van der Waals surface area contributed by atoms with Gasteiger partial charge < -0.3 is 10.4 Å². The minimum absolute atomic E-state index is 0.0388. The summed E-state index contributed by atoms with van der Waals surface area (Å²) in [5.74, 6) is -0.133. The smallest absolute Gasteiger partial charge is 0.277 e. The second-order valence-corrected chi connectivity index (χ2v) is 8.71. The van der Waals surface area contributed by atoms with Gasteiger partial charge in [-0.2, -0.15) is 0 Å². The van der Waals surface area contributed by atoms with Gasteiger partial charge in [-0.25, -0.2) is 8.42 Å². The Kier molecular flexibility index (Phi) is 5.75. The fourth-order valence-electron chi connectivity index (χ4n) is 2.72. The summed E-state index contributed by atoms with van der Waals surface area (Å²) >= 11 is 0. The number of hydrogen-bond acceptors (Lipinski definition) is 5. The van der Waals surface area contributed by atoms with Crippen molar-refractivity contribution >= 4 is 21.3 Å². The summed E-state index contributed by atoms with van der Waals surface area (Å²) in [6.07, 6.45) is 2.52. The van der Waals surface area contributed by atoms with E-state index in [1.807, 2.05) is 13.8 Å². The Morgan fingerprint density at radius 1 is 1.27 bits per heavy atom. The van der Waals surface area contributed by atoms with E-state index in [1.54, 1.807) is 13.8 Å². The standard InChI is InChI=1S/C18H25N3O4S/c1-6-21-18(23)14(10-20-21)17(22)13-7-8-15(26(5,24)25)16(12(13)4)19-9-11(2)3/h7-8,10-11,19-20H,6,9H2,1-5H3. The number of carbonyl (C=O) groups excluding carboxylic acids is 1. The molecule has 1 aromatic carbocycles. The van der Waals surface area contributed by atoms with E-state index in [9.17, 15) is 18.0 Å². The summed E-state index contributed by atoms with van der Waals surface area (Å²) in [4.78, 5) is 25.3. The van der Waals surface area contributed by atoms with Crippen molar-refractivity contribution in [3.63, 3.8) is 0 Å². The molecule has 2 aromatic rings. The van der Waals surface area contributed by atoms with E-state index in [-0.39, 0.29) is 16.0 Å². The van der Waals surface area contributed by atoms with Gasteiger partial charge in [0.25, 0.3) is 5.56 Å². The lowest BCUT2D eigenvalue weighted by molar-refractivity contribution is 0.103. The van der Waals surface area contributed by atoms with Crippen LogP contribution in [0.25, 0.3) is 0 Å². The number of aromatic amines is 1. The van der Waals surface area contributed by atoms with Gasteiger partial charge in [0.05, 0.1) is 10.6 Å². The summed E-state index contributed by atoms with van der Waals surface area (Å²) in [5.41, 5.74) is 0.890. The molecular weight excluding hydrogens is 354 g/mol. The zero-order valence-electron chi connectivity index (χ0n) is 15.7. The average Bonchev–Trinajstić information content (AvgIpc) is 2.92. The number of sulfone groups is 1. The number of benzene rings is 1. The van der Waals surface area contributed by atoms with Crippen LogP contribution in [0.2, 0.25) is 0 Å². The Morgan fingerprint density at radius 3 is 2.42 bits per heavy atom. The minimum Gasteiger partial charge on any atom is -0.383 e. The first kappa shape index (κ1) is 20.0. The van der Waals surface area contributed by atoms with Crippen molar-refractivity contribution in [2.24, 2.45) is 5.92 Å². The maximum atomic E-state index is 12.9. The third-order valence-corrected chi connectivity index (χ3v) is 5.30. The highest BCUT2D eigenvalue weighted by Crippen LogP contribution is 2.29. The van der Waals surface area contributed by atoms with Gasteiger partial charge in [0.1, 0.15) is 5.56 Å². The van der Waals surface area contributed by atoms with E-state index in [0.29, 0.717) is 35.8 Å². The van der Waals surface area contributed by atoms with Crippen molar-refractivity contribution < 1.29 is 13.2 Å². The Morgan fingerprint density at radius 2 is 1.92 bits per heavy atom. The fraction of sp³-hybridized carbons (Fsp3) is 0.444. The molecule has 0 bridgehead atoms. The van der Waals surface area contributed by atoms with Crippen LogP contribution in [0.15, 0.2) is 28.0 Å². The maximum absolute atomic E-state index is 12.9. The molecule has 1 heterocycles. The van der Waals surface area contributed by atoms with E-state index < -0.39 is 15.6 Å². The SMILES string of the molecule is CCn1[nH]cc(C(=O)c2ccc(S(C)(=O)=O)c(NCC(C)C)c2C)c1=O. The number of rotatable bonds is 7. The van der Waals surface area contributed by atoms with Gasteiger partial charge >= 0.3 is 0 Å². The number of ketones is 1. The first-order valence-electron chi connectivity index (χ1n) is 8.48. The monoisotopic (exact) mass is 379 g/mol. The van der Waals surface area contributed by atoms with Crippen molar-refractivity contribution in [3.8, 4) is 0 Å². The van der Waals surface area contributed by atoms with Gasteiger partial charge in [0.2, 0.25) is 5.78 Å². The third-order valence-electron chi connectivity index (χ3n) is 4.16. The van der Waals surface area contributed by atoms with Gasteiger partial charge in [-0.1, -0.05) is 13.8 Å². The molecule has 0 aliphatic carbocycles. The van der Waals surface area contributed by atoms with Crippen molar-refractivity contribution in [1.82, 2.24) is 9.78 Å². The number of H-pyrrole nitrogens is 1. The first-order chi connectivity index (χ1) is 12.1. The molecule has 0 spiro atoms. The quantitative estimate of drug-likeness (QED) is 0.718. The number of nitrogens with zero attached hydrogens (tertiary/aromatic N) is 1. The Hall–Kier alpha value is -2.35. The zero-order chi connectivity index (χ0) is 19.6. The van der Waals surface area contributed by atoms with Crippen LogP contribution in [0.1, 0.15) is 42.3 Å². The largest absolute Gasteiger partial charge is 0.383 e. The predicted octanol–water partition coefficient (Wildman–Crippen LogP) is 2.21. The Labute approximate surface area is 153 Å². The van der Waals surface area contributed by atoms with Crippen LogP contribution in [0, 0.1) is 12.8 Å². The van der Waals surface area contributed by atoms with Crippen LogP contribution in [0.3, 0.4) is 0 Å². The summed E-state index contributed by atoms with van der Waals surface area (Å²) in [5, 5.41) is 5.90. The number of nitrogens with one attached hydrogen (secondary N) is 2. The van der Waals surface area contributed by atoms with E-state index in [1.165, 1.54) is 23.0 Å². The predicted molar refractivity (Wildman–Crippen MR) is 102 cm³/mol. The normalized spacial score (nSPS) is 11.8. The maximum Gasteiger partial charge on any atom is 0.277 e. The van der Waals surface area contributed by atoms with Gasteiger partial charge in [-0.3, -0.25) is 14.3 Å². The molecule has 0 saturated heterocycles. The Balaban J connectivity index is 2.59. The average molecular weight is 379 g/mol. The molecule has 0 fully saturated rings. The van der Waals surface area contributed by atoms with Crippen molar-refractivity contribution in [2.75, 3.05) is 18.1 Å². The third kappa shape index (κ3) is 3.90. The zero-order valence-corrected chi connectivity index (χ0v) is 16.5. The lowest BCUT2D eigenvalue weighted by atomic mass is 9.99. The van der Waals surface area contributed by atoms with Gasteiger partial charge in [-0.15, -0.1) is 0 Å². The number of carbonyl (C=O) groups is 1. The molecule has 0 aliphatic rings. The lowest BCUT2D eigenvalue weighted by Gasteiger charge is -2.17. The van der Waals surface area contributed by atoms with Gasteiger partial charge in [-0.05, 0) is 37.5 Å². The van der Waals surface area contributed by atoms with E-state index >= 15 is 0 Å². The van der Waals surface area contributed by atoms with Crippen LogP contribution in [-0.2, 0) is 16.4 Å². The highest BCUT2D eigenvalue weighted by atomic mass is 32.2. The molecule has 2 N–H and O–H groups in total. The number of anilines is 1. The molecule has 7 nitrogen and oxygen atoms in total. The highest BCUT2D eigenvalue weighted by molar-refractivity contribution is 7.90. The molecule has 0 radical (unpaired) electrons. The molecule has 1 aromatic heterocycles. The highest BCUT2D eigenvalue weighted by Gasteiger charge is 2.23. The number of aromatic nitrogens is 2. The molecule has 26 heavy (non-hydrogen) atoms. The molecule has 2 rings (SSSR count). The Bertz CT molecular complexity index is 984. The topological polar surface area (TPSA) is 101 Å². The number of aryl methyl sites for hydroxylation is 1. The lowest BCUT2D eigenvalue weighted by Crippen LogP contribution is -2.22. The minimum atomic E-state index is -3.46. The van der Waals surface area contributed by atoms with Gasteiger partial charge in [0, 0.05) is 31.1 Å². The van der Waals surface area contributed by atoms with Crippen molar-refractivity contribution in [2.45, 2.75) is 39.1 Å². The van der Waals surface area contributed by atoms with E-state index in [4.69, 9.17) is 0 Å². The fourth-order valence-corrected chi connectivity index (χ4v) is 3.63. The first-order valence-corrected chi connectivity index (χ1v) is 10.4. The summed E-state index contributed by atoms with van der Waals surface area (Å²) in [6.45, 7) is 8.49. The van der Waals surface area contributed by atoms with Crippen LogP contribution < -0.4 is 10.9 Å². The molecular formula is C18H25N3O4S. The van der Waals surface area contributed by atoms with E-state index in [2.05, 4.69) is 10.4 Å². The van der Waals surface area contributed by atoms with Crippen molar-refractivity contribution in [3.05, 3.63) is 45.4 Å².